The number of fused-ring (bicyclic) bond motifs is 1. The SMILES string of the molecule is COc1ccc(CCn2nc(C(=O)N(C)C)c3c2CCN(CCCc2ccccc2)C3)cc1. The van der Waals surface area contributed by atoms with Gasteiger partial charge in [0.05, 0.1) is 7.11 Å². The molecule has 0 fully saturated rings. The molecule has 6 heteroatoms. The monoisotopic (exact) mass is 446 g/mol. The van der Waals surface area contributed by atoms with Crippen LogP contribution in [-0.2, 0) is 32.4 Å². The maximum Gasteiger partial charge on any atom is 0.274 e. The Bertz CT molecular complexity index is 1060. The van der Waals surface area contributed by atoms with E-state index in [1.54, 1.807) is 26.1 Å². The number of ether oxygens (including phenoxy) is 1. The van der Waals surface area contributed by atoms with Crippen LogP contribution < -0.4 is 4.74 Å². The number of carbonyl (C=O) groups excluding carboxylic acids is 1. The second-order valence-electron chi connectivity index (χ2n) is 8.91. The van der Waals surface area contributed by atoms with Gasteiger partial charge in [0.1, 0.15) is 5.75 Å². The summed E-state index contributed by atoms with van der Waals surface area (Å²) >= 11 is 0. The second kappa shape index (κ2) is 10.7. The van der Waals surface area contributed by atoms with Crippen molar-refractivity contribution in [2.45, 2.75) is 38.8 Å². The number of aryl methyl sites for hydroxylation is 3. The highest BCUT2D eigenvalue weighted by molar-refractivity contribution is 5.93. The molecule has 0 aliphatic carbocycles. The third-order valence-electron chi connectivity index (χ3n) is 6.38. The van der Waals surface area contributed by atoms with Gasteiger partial charge in [0, 0.05) is 51.4 Å². The molecule has 2 aromatic carbocycles. The number of nitrogens with zero attached hydrogens (tertiary/aromatic N) is 4. The summed E-state index contributed by atoms with van der Waals surface area (Å²) in [5.41, 5.74) is 5.55. The number of benzene rings is 2. The van der Waals surface area contributed by atoms with E-state index in [2.05, 4.69) is 52.0 Å². The fourth-order valence-electron chi connectivity index (χ4n) is 4.48. The molecule has 3 aromatic rings. The average molecular weight is 447 g/mol. The molecule has 0 radical (unpaired) electrons. The third-order valence-corrected chi connectivity index (χ3v) is 6.38. The lowest BCUT2D eigenvalue weighted by Gasteiger charge is -2.28. The van der Waals surface area contributed by atoms with E-state index in [0.29, 0.717) is 5.69 Å². The minimum absolute atomic E-state index is 0.0133. The predicted molar refractivity (Wildman–Crippen MR) is 131 cm³/mol. The van der Waals surface area contributed by atoms with Gasteiger partial charge in [0.2, 0.25) is 0 Å². The lowest BCUT2D eigenvalue weighted by molar-refractivity contribution is 0.0818. The van der Waals surface area contributed by atoms with Gasteiger partial charge < -0.3 is 9.64 Å². The third kappa shape index (κ3) is 5.63. The maximum atomic E-state index is 12.9. The minimum atomic E-state index is -0.0133. The summed E-state index contributed by atoms with van der Waals surface area (Å²) in [6.45, 7) is 3.59. The lowest BCUT2D eigenvalue weighted by Crippen LogP contribution is -2.33. The van der Waals surface area contributed by atoms with E-state index in [4.69, 9.17) is 9.84 Å². The van der Waals surface area contributed by atoms with Gasteiger partial charge in [-0.1, -0.05) is 42.5 Å². The van der Waals surface area contributed by atoms with Gasteiger partial charge in [-0.3, -0.25) is 14.4 Å². The zero-order valence-corrected chi connectivity index (χ0v) is 20.0. The summed E-state index contributed by atoms with van der Waals surface area (Å²) in [5.74, 6) is 0.849. The van der Waals surface area contributed by atoms with Crippen LogP contribution in [0.15, 0.2) is 54.6 Å². The fourth-order valence-corrected chi connectivity index (χ4v) is 4.48. The minimum Gasteiger partial charge on any atom is -0.497 e. The Morgan fingerprint density at radius 2 is 1.73 bits per heavy atom. The Morgan fingerprint density at radius 1 is 1.00 bits per heavy atom. The van der Waals surface area contributed by atoms with Crippen molar-refractivity contribution in [3.63, 3.8) is 0 Å². The van der Waals surface area contributed by atoms with Gasteiger partial charge in [-0.2, -0.15) is 5.10 Å². The van der Waals surface area contributed by atoms with Crippen molar-refractivity contribution >= 4 is 5.91 Å². The van der Waals surface area contributed by atoms with Crippen molar-refractivity contribution in [2.75, 3.05) is 34.3 Å². The molecule has 0 saturated carbocycles. The summed E-state index contributed by atoms with van der Waals surface area (Å²) in [4.78, 5) is 17.0. The first-order valence-corrected chi connectivity index (χ1v) is 11.7. The van der Waals surface area contributed by atoms with Crippen LogP contribution in [0.1, 0.15) is 39.3 Å². The number of hydrogen-bond acceptors (Lipinski definition) is 4. The second-order valence-corrected chi connectivity index (χ2v) is 8.91. The fraction of sp³-hybridized carbons (Fsp3) is 0.407. The quantitative estimate of drug-likeness (QED) is 0.501. The molecule has 1 aromatic heterocycles. The van der Waals surface area contributed by atoms with E-state index in [1.165, 1.54) is 16.8 Å². The zero-order chi connectivity index (χ0) is 23.2. The molecule has 2 heterocycles. The first-order chi connectivity index (χ1) is 16.0. The van der Waals surface area contributed by atoms with E-state index in [0.717, 1.165) is 63.2 Å². The maximum absolute atomic E-state index is 12.9. The van der Waals surface area contributed by atoms with Crippen LogP contribution in [0.4, 0.5) is 0 Å². The highest BCUT2D eigenvalue weighted by atomic mass is 16.5. The molecular weight excluding hydrogens is 412 g/mol. The number of hydrogen-bond donors (Lipinski definition) is 0. The Labute approximate surface area is 196 Å². The van der Waals surface area contributed by atoms with Gasteiger partial charge in [0.25, 0.3) is 5.91 Å². The molecule has 0 spiro atoms. The van der Waals surface area contributed by atoms with Crippen molar-refractivity contribution in [2.24, 2.45) is 0 Å². The molecule has 0 atom stereocenters. The van der Waals surface area contributed by atoms with Gasteiger partial charge in [0.15, 0.2) is 5.69 Å². The molecule has 174 valence electrons. The van der Waals surface area contributed by atoms with Crippen molar-refractivity contribution in [3.8, 4) is 5.75 Å². The summed E-state index contributed by atoms with van der Waals surface area (Å²) < 4.78 is 7.32. The highest BCUT2D eigenvalue weighted by Crippen LogP contribution is 2.24. The molecule has 6 nitrogen and oxygen atoms in total. The largest absolute Gasteiger partial charge is 0.497 e. The number of amides is 1. The highest BCUT2D eigenvalue weighted by Gasteiger charge is 2.28. The van der Waals surface area contributed by atoms with Gasteiger partial charge >= 0.3 is 0 Å². The van der Waals surface area contributed by atoms with Crippen LogP contribution in [0.2, 0.25) is 0 Å². The van der Waals surface area contributed by atoms with Crippen molar-refractivity contribution in [1.29, 1.82) is 0 Å². The zero-order valence-electron chi connectivity index (χ0n) is 20.0. The van der Waals surface area contributed by atoms with E-state index >= 15 is 0 Å². The van der Waals surface area contributed by atoms with E-state index in [-0.39, 0.29) is 5.91 Å². The number of methoxy groups -OCH3 is 1. The normalized spacial score (nSPS) is 13.5. The van der Waals surface area contributed by atoms with Crippen LogP contribution >= 0.6 is 0 Å². The molecule has 1 aliphatic heterocycles. The first kappa shape index (κ1) is 23.1. The van der Waals surface area contributed by atoms with Crippen molar-refractivity contribution < 1.29 is 9.53 Å². The van der Waals surface area contributed by atoms with E-state index in [1.807, 2.05) is 12.1 Å². The molecule has 4 rings (SSSR count). The summed E-state index contributed by atoms with van der Waals surface area (Å²) in [6.07, 6.45) is 3.99. The molecule has 33 heavy (non-hydrogen) atoms. The Kier molecular flexibility index (Phi) is 7.45. The van der Waals surface area contributed by atoms with Crippen LogP contribution in [0, 0.1) is 0 Å². The molecule has 1 amide bonds. The Morgan fingerprint density at radius 3 is 2.42 bits per heavy atom. The average Bonchev–Trinajstić information content (AvgIpc) is 3.21. The number of carbonyl (C=O) groups is 1. The number of rotatable bonds is 9. The van der Waals surface area contributed by atoms with Crippen molar-refractivity contribution in [1.82, 2.24) is 19.6 Å². The Balaban J connectivity index is 1.45. The first-order valence-electron chi connectivity index (χ1n) is 11.7. The lowest BCUT2D eigenvalue weighted by atomic mass is 10.0. The number of aromatic nitrogens is 2. The molecule has 0 bridgehead atoms. The summed E-state index contributed by atoms with van der Waals surface area (Å²) in [6, 6.07) is 18.8. The van der Waals surface area contributed by atoms with Crippen LogP contribution in [-0.4, -0.2) is 59.8 Å². The van der Waals surface area contributed by atoms with Gasteiger partial charge in [-0.15, -0.1) is 0 Å². The summed E-state index contributed by atoms with van der Waals surface area (Å²) in [7, 11) is 5.27. The van der Waals surface area contributed by atoms with Gasteiger partial charge in [-0.25, -0.2) is 0 Å². The van der Waals surface area contributed by atoms with E-state index < -0.39 is 0 Å². The molecule has 1 aliphatic rings. The van der Waals surface area contributed by atoms with Gasteiger partial charge in [-0.05, 0) is 49.1 Å². The Hall–Kier alpha value is -3.12. The van der Waals surface area contributed by atoms with Crippen molar-refractivity contribution in [3.05, 3.63) is 82.7 Å². The molecule has 0 N–H and O–H groups in total. The van der Waals surface area contributed by atoms with Crippen LogP contribution in [0.25, 0.3) is 0 Å². The van der Waals surface area contributed by atoms with Crippen LogP contribution in [0.5, 0.6) is 5.75 Å². The van der Waals surface area contributed by atoms with E-state index in [9.17, 15) is 4.79 Å². The molecule has 0 unspecified atom stereocenters. The van der Waals surface area contributed by atoms with Crippen LogP contribution in [0.3, 0.4) is 0 Å². The standard InChI is InChI=1S/C27H34N4O2/c1-29(2)27(32)26-24-20-30(17-7-10-21-8-5-4-6-9-21)18-16-25(24)31(28-26)19-15-22-11-13-23(33-3)14-12-22/h4-6,8-9,11-14H,7,10,15-20H2,1-3H3. The predicted octanol–water partition coefficient (Wildman–Crippen LogP) is 3.83. The topological polar surface area (TPSA) is 50.6 Å². The molecule has 0 saturated heterocycles. The molecular formula is C27H34N4O2. The smallest absolute Gasteiger partial charge is 0.274 e. The summed E-state index contributed by atoms with van der Waals surface area (Å²) in [5, 5.41) is 4.80.